The molecular formula is C27H23N7S. The van der Waals surface area contributed by atoms with Gasteiger partial charge in [0.15, 0.2) is 5.82 Å². The average Bonchev–Trinajstić information content (AvgIpc) is 3.70. The van der Waals surface area contributed by atoms with Gasteiger partial charge in [0.05, 0.1) is 17.2 Å². The SMILES string of the molecule is c1csc(-c2cncc3[nH]c(-c4n[nH]c5ccc(-c6cncc(CN7CCCC7)c6)cc45)nc23)c1. The number of benzene rings is 1. The molecule has 0 saturated carbocycles. The molecule has 0 spiro atoms. The van der Waals surface area contributed by atoms with Crippen molar-refractivity contribution in [3.8, 4) is 33.1 Å². The Hall–Kier alpha value is -3.88. The minimum Gasteiger partial charge on any atom is -0.335 e. The number of rotatable bonds is 5. The largest absolute Gasteiger partial charge is 0.335 e. The lowest BCUT2D eigenvalue weighted by Gasteiger charge is -2.14. The molecule has 1 fully saturated rings. The Morgan fingerprint density at radius 3 is 2.71 bits per heavy atom. The Bertz CT molecular complexity index is 1640. The highest BCUT2D eigenvalue weighted by Gasteiger charge is 2.17. The molecule has 0 amide bonds. The van der Waals surface area contributed by atoms with E-state index in [1.54, 1.807) is 11.3 Å². The summed E-state index contributed by atoms with van der Waals surface area (Å²) >= 11 is 1.69. The predicted molar refractivity (Wildman–Crippen MR) is 140 cm³/mol. The molecular weight excluding hydrogens is 454 g/mol. The van der Waals surface area contributed by atoms with E-state index in [0.29, 0.717) is 0 Å². The highest BCUT2D eigenvalue weighted by Crippen LogP contribution is 2.34. The molecule has 5 aromatic heterocycles. The molecule has 7 rings (SSSR count). The van der Waals surface area contributed by atoms with Crippen molar-refractivity contribution in [3.05, 3.63) is 72.1 Å². The summed E-state index contributed by atoms with van der Waals surface area (Å²) in [5, 5.41) is 10.9. The summed E-state index contributed by atoms with van der Waals surface area (Å²) in [5.41, 5.74) is 8.10. The van der Waals surface area contributed by atoms with Gasteiger partial charge >= 0.3 is 0 Å². The number of pyridine rings is 2. The lowest BCUT2D eigenvalue weighted by Crippen LogP contribution is -2.18. The fraction of sp³-hybridized carbons (Fsp3) is 0.185. The maximum absolute atomic E-state index is 4.95. The standard InChI is InChI=1S/C27H23N7S/c1-2-8-34(7-1)16-17-10-19(13-28-12-17)18-5-6-22-20(11-18)26(33-32-22)27-30-23-15-29-14-21(25(23)31-27)24-4-3-9-35-24/h3-6,9-15H,1-2,7-8,16H2,(H,30,31)(H,32,33). The highest BCUT2D eigenvalue weighted by atomic mass is 32.1. The van der Waals surface area contributed by atoms with Crippen molar-refractivity contribution in [3.63, 3.8) is 0 Å². The first-order valence-corrected chi connectivity index (χ1v) is 12.7. The lowest BCUT2D eigenvalue weighted by molar-refractivity contribution is 0.331. The maximum Gasteiger partial charge on any atom is 0.159 e. The van der Waals surface area contributed by atoms with Crippen LogP contribution in [0.4, 0.5) is 0 Å². The van der Waals surface area contributed by atoms with E-state index in [1.165, 1.54) is 31.5 Å². The molecule has 172 valence electrons. The van der Waals surface area contributed by atoms with Gasteiger partial charge in [0.1, 0.15) is 11.2 Å². The molecule has 6 aromatic rings. The Balaban J connectivity index is 1.28. The number of aromatic amines is 2. The number of aromatic nitrogens is 6. The normalized spacial score (nSPS) is 14.4. The second kappa shape index (κ2) is 8.41. The molecule has 8 heteroatoms. The summed E-state index contributed by atoms with van der Waals surface area (Å²) < 4.78 is 0. The third kappa shape index (κ3) is 3.71. The van der Waals surface area contributed by atoms with Crippen molar-refractivity contribution in [2.45, 2.75) is 19.4 Å². The fourth-order valence-corrected chi connectivity index (χ4v) is 5.70. The molecule has 1 saturated heterocycles. The fourth-order valence-electron chi connectivity index (χ4n) is 4.96. The van der Waals surface area contributed by atoms with Crippen molar-refractivity contribution in [2.24, 2.45) is 0 Å². The molecule has 0 unspecified atom stereocenters. The molecule has 0 aliphatic carbocycles. The van der Waals surface area contributed by atoms with E-state index in [4.69, 9.17) is 4.98 Å². The summed E-state index contributed by atoms with van der Waals surface area (Å²) in [5.74, 6) is 0.732. The summed E-state index contributed by atoms with van der Waals surface area (Å²) in [7, 11) is 0. The number of fused-ring (bicyclic) bond motifs is 2. The van der Waals surface area contributed by atoms with E-state index < -0.39 is 0 Å². The zero-order chi connectivity index (χ0) is 23.2. The van der Waals surface area contributed by atoms with Crippen molar-refractivity contribution >= 4 is 33.3 Å². The molecule has 0 radical (unpaired) electrons. The second-order valence-corrected chi connectivity index (χ2v) is 9.99. The molecule has 1 aliphatic rings. The van der Waals surface area contributed by atoms with Crippen LogP contribution in [-0.2, 0) is 6.54 Å². The minimum atomic E-state index is 0.732. The van der Waals surface area contributed by atoms with Crippen LogP contribution >= 0.6 is 11.3 Å². The first-order valence-electron chi connectivity index (χ1n) is 11.8. The van der Waals surface area contributed by atoms with Crippen molar-refractivity contribution in [1.82, 2.24) is 35.0 Å². The van der Waals surface area contributed by atoms with E-state index in [9.17, 15) is 0 Å². The smallest absolute Gasteiger partial charge is 0.159 e. The minimum absolute atomic E-state index is 0.732. The van der Waals surface area contributed by atoms with Gasteiger partial charge in [0, 0.05) is 46.5 Å². The Morgan fingerprint density at radius 1 is 0.914 bits per heavy atom. The molecule has 0 atom stereocenters. The number of thiophene rings is 1. The number of likely N-dealkylation sites (tertiary alicyclic amines) is 1. The van der Waals surface area contributed by atoms with Crippen LogP contribution in [0.2, 0.25) is 0 Å². The van der Waals surface area contributed by atoms with E-state index in [0.717, 1.165) is 61.6 Å². The quantitative estimate of drug-likeness (QED) is 0.323. The van der Waals surface area contributed by atoms with Crippen LogP contribution in [0.5, 0.6) is 0 Å². The van der Waals surface area contributed by atoms with Crippen LogP contribution in [0.3, 0.4) is 0 Å². The lowest BCUT2D eigenvalue weighted by atomic mass is 10.0. The van der Waals surface area contributed by atoms with Crippen LogP contribution in [-0.4, -0.2) is 48.1 Å². The topological polar surface area (TPSA) is 86.4 Å². The van der Waals surface area contributed by atoms with Gasteiger partial charge in [-0.1, -0.05) is 12.1 Å². The first kappa shape index (κ1) is 20.5. The van der Waals surface area contributed by atoms with Gasteiger partial charge in [0.25, 0.3) is 0 Å². The summed E-state index contributed by atoms with van der Waals surface area (Å²) in [4.78, 5) is 21.0. The number of imidazole rings is 1. The molecule has 0 bridgehead atoms. The summed E-state index contributed by atoms with van der Waals surface area (Å²) in [6.45, 7) is 3.31. The van der Waals surface area contributed by atoms with Crippen molar-refractivity contribution in [1.29, 1.82) is 0 Å². The van der Waals surface area contributed by atoms with Gasteiger partial charge < -0.3 is 4.98 Å². The zero-order valence-electron chi connectivity index (χ0n) is 19.0. The van der Waals surface area contributed by atoms with E-state index in [-0.39, 0.29) is 0 Å². The molecule has 2 N–H and O–H groups in total. The number of nitrogens with zero attached hydrogens (tertiary/aromatic N) is 5. The van der Waals surface area contributed by atoms with Gasteiger partial charge in [0.2, 0.25) is 0 Å². The first-order chi connectivity index (χ1) is 17.3. The van der Waals surface area contributed by atoms with Crippen LogP contribution in [0.25, 0.3) is 55.0 Å². The number of nitrogens with one attached hydrogen (secondary N) is 2. The van der Waals surface area contributed by atoms with Crippen LogP contribution in [0.1, 0.15) is 18.4 Å². The van der Waals surface area contributed by atoms with Gasteiger partial charge in [-0.05, 0) is 66.7 Å². The maximum atomic E-state index is 4.95. The Morgan fingerprint density at radius 2 is 1.83 bits per heavy atom. The van der Waals surface area contributed by atoms with Gasteiger partial charge in [-0.3, -0.25) is 20.0 Å². The van der Waals surface area contributed by atoms with Gasteiger partial charge in [-0.15, -0.1) is 11.3 Å². The van der Waals surface area contributed by atoms with Crippen molar-refractivity contribution < 1.29 is 0 Å². The molecule has 7 nitrogen and oxygen atoms in total. The monoisotopic (exact) mass is 477 g/mol. The van der Waals surface area contributed by atoms with E-state index >= 15 is 0 Å². The Labute approximate surface area is 205 Å². The molecule has 6 heterocycles. The molecule has 35 heavy (non-hydrogen) atoms. The predicted octanol–water partition coefficient (Wildman–Crippen LogP) is 5.89. The highest BCUT2D eigenvalue weighted by molar-refractivity contribution is 7.13. The van der Waals surface area contributed by atoms with Crippen LogP contribution in [0.15, 0.2) is 66.6 Å². The zero-order valence-corrected chi connectivity index (χ0v) is 19.8. The van der Waals surface area contributed by atoms with Gasteiger partial charge in [-0.25, -0.2) is 4.98 Å². The van der Waals surface area contributed by atoms with Crippen LogP contribution in [0, 0.1) is 0 Å². The third-order valence-corrected chi connectivity index (χ3v) is 7.60. The summed E-state index contributed by atoms with van der Waals surface area (Å²) in [6.07, 6.45) is 10.2. The van der Waals surface area contributed by atoms with Crippen LogP contribution < -0.4 is 0 Å². The number of H-pyrrole nitrogens is 2. The number of hydrogen-bond donors (Lipinski definition) is 2. The Kier molecular flexibility index (Phi) is 4.92. The van der Waals surface area contributed by atoms with Gasteiger partial charge in [-0.2, -0.15) is 5.10 Å². The van der Waals surface area contributed by atoms with E-state index in [2.05, 4.69) is 65.8 Å². The number of hydrogen-bond acceptors (Lipinski definition) is 6. The van der Waals surface area contributed by atoms with E-state index in [1.807, 2.05) is 30.9 Å². The molecule has 1 aliphatic heterocycles. The van der Waals surface area contributed by atoms with Crippen molar-refractivity contribution in [2.75, 3.05) is 13.1 Å². The molecule has 1 aromatic carbocycles. The average molecular weight is 478 g/mol. The third-order valence-electron chi connectivity index (χ3n) is 6.70. The second-order valence-electron chi connectivity index (χ2n) is 9.04. The summed E-state index contributed by atoms with van der Waals surface area (Å²) in [6, 6.07) is 12.8.